The normalized spacial score (nSPS) is 11.8. The van der Waals surface area contributed by atoms with Crippen LogP contribution in [0.25, 0.3) is 144 Å². The van der Waals surface area contributed by atoms with E-state index >= 15 is 0 Å². The van der Waals surface area contributed by atoms with Gasteiger partial charge in [0.15, 0.2) is 0 Å². The van der Waals surface area contributed by atoms with Crippen molar-refractivity contribution >= 4 is 87.2 Å². The molecule has 7 aromatic carbocycles. The molecule has 0 bridgehead atoms. The van der Waals surface area contributed by atoms with E-state index in [4.69, 9.17) is 24.9 Å². The molecule has 0 aliphatic heterocycles. The van der Waals surface area contributed by atoms with Gasteiger partial charge in [-0.25, -0.2) is 4.98 Å². The smallest absolute Gasteiger partial charge is 0.104 e. The molecule has 0 amide bonds. The molecular formula is C68H40N10. The van der Waals surface area contributed by atoms with Crippen molar-refractivity contribution < 1.29 is 0 Å². The third kappa shape index (κ3) is 6.15. The number of aromatic nitrogens is 9. The lowest BCUT2D eigenvalue weighted by Crippen LogP contribution is -2.17. The first-order chi connectivity index (χ1) is 38.7. The number of nitrogens with zero attached hydrogens (tertiary/aromatic N) is 10. The molecule has 16 aromatic rings. The summed E-state index contributed by atoms with van der Waals surface area (Å²) in [4.78, 5) is 24.7. The van der Waals surface area contributed by atoms with E-state index in [-0.39, 0.29) is 0 Å². The minimum absolute atomic E-state index is 0.441. The van der Waals surface area contributed by atoms with E-state index in [1.54, 1.807) is 0 Å². The molecule has 0 atom stereocenters. The van der Waals surface area contributed by atoms with Gasteiger partial charge in [-0.15, -0.1) is 0 Å². The number of rotatable bonds is 7. The van der Waals surface area contributed by atoms with Gasteiger partial charge in [0.25, 0.3) is 0 Å². The van der Waals surface area contributed by atoms with Gasteiger partial charge in [0, 0.05) is 115 Å². The van der Waals surface area contributed by atoms with E-state index in [9.17, 15) is 5.26 Å². The summed E-state index contributed by atoms with van der Waals surface area (Å²) in [5.41, 5.74) is 15.9. The number of para-hydroxylation sites is 4. The first-order valence-electron chi connectivity index (χ1n) is 25.9. The van der Waals surface area contributed by atoms with Crippen LogP contribution in [0.1, 0.15) is 5.56 Å². The largest absolute Gasteiger partial charge is 0.307 e. The molecule has 78 heavy (non-hydrogen) atoms. The average Bonchev–Trinajstić information content (AvgIpc) is 4.27. The molecule has 0 aliphatic rings. The topological polar surface area (TPSA) is 108 Å². The highest BCUT2D eigenvalue weighted by molar-refractivity contribution is 6.17. The number of benzene rings is 7. The van der Waals surface area contributed by atoms with Gasteiger partial charge in [-0.05, 0) is 60.7 Å². The van der Waals surface area contributed by atoms with Gasteiger partial charge in [-0.3, -0.25) is 19.9 Å². The minimum atomic E-state index is 0.441. The molecule has 0 aliphatic carbocycles. The van der Waals surface area contributed by atoms with Crippen LogP contribution >= 0.6 is 0 Å². The monoisotopic (exact) mass is 996 g/mol. The number of nitriles is 1. The Bertz CT molecular complexity index is 4960. The summed E-state index contributed by atoms with van der Waals surface area (Å²) in [6, 6.07) is 70.5. The van der Waals surface area contributed by atoms with Crippen molar-refractivity contribution in [2.45, 2.75) is 0 Å². The summed E-state index contributed by atoms with van der Waals surface area (Å²) in [5.74, 6) is 0. The van der Waals surface area contributed by atoms with Crippen LogP contribution in [0.15, 0.2) is 244 Å². The second kappa shape index (κ2) is 17.0. The summed E-state index contributed by atoms with van der Waals surface area (Å²) >= 11 is 0. The molecule has 0 saturated heterocycles. The van der Waals surface area contributed by atoms with Crippen LogP contribution < -0.4 is 0 Å². The fourth-order valence-electron chi connectivity index (χ4n) is 12.4. The number of hydrogen-bond donors (Lipinski definition) is 0. The lowest BCUT2D eigenvalue weighted by molar-refractivity contribution is 1.03. The Morgan fingerprint density at radius 1 is 0.308 bits per heavy atom. The summed E-state index contributed by atoms with van der Waals surface area (Å²) < 4.78 is 9.40. The third-order valence-corrected chi connectivity index (χ3v) is 15.6. The van der Waals surface area contributed by atoms with Crippen molar-refractivity contribution in [2.75, 3.05) is 0 Å². The molecule has 0 unspecified atom stereocenters. The highest BCUT2D eigenvalue weighted by Gasteiger charge is 2.36. The number of fused-ring (bicyclic) bond motifs is 12. The molecule has 9 aromatic heterocycles. The van der Waals surface area contributed by atoms with Crippen molar-refractivity contribution in [3.05, 3.63) is 249 Å². The van der Waals surface area contributed by atoms with Crippen LogP contribution in [0.3, 0.4) is 0 Å². The quantitative estimate of drug-likeness (QED) is 0.157. The zero-order chi connectivity index (χ0) is 51.4. The Hall–Kier alpha value is -11.0. The van der Waals surface area contributed by atoms with Crippen molar-refractivity contribution in [3.63, 3.8) is 0 Å². The SMILES string of the molecule is N#Cc1c(-n2c3ccccc3c3cnccc32)c(-c2ccc(-c3ccccc3)nc2-c2ccccc2)c(-n2c3ccccc3c3cnccc32)c(-n2c3ccccc3c3cnccc32)c1-n1c2ccccc2c2cnccc21. The van der Waals surface area contributed by atoms with E-state index in [0.29, 0.717) is 16.9 Å². The van der Waals surface area contributed by atoms with Gasteiger partial charge in [0.1, 0.15) is 11.6 Å². The van der Waals surface area contributed by atoms with Gasteiger partial charge in [-0.2, -0.15) is 5.26 Å². The van der Waals surface area contributed by atoms with Crippen molar-refractivity contribution in [1.82, 2.24) is 43.2 Å². The minimum Gasteiger partial charge on any atom is -0.307 e. The predicted octanol–water partition coefficient (Wildman–Crippen LogP) is 15.9. The van der Waals surface area contributed by atoms with Gasteiger partial charge in [0.05, 0.1) is 78.3 Å². The van der Waals surface area contributed by atoms with Crippen molar-refractivity contribution in [3.8, 4) is 62.5 Å². The maximum Gasteiger partial charge on any atom is 0.104 e. The Morgan fingerprint density at radius 2 is 0.667 bits per heavy atom. The summed E-state index contributed by atoms with van der Waals surface area (Å²) in [5, 5.41) is 20.8. The zero-order valence-corrected chi connectivity index (χ0v) is 41.6. The Morgan fingerprint density at radius 3 is 1.10 bits per heavy atom. The average molecular weight is 997 g/mol. The third-order valence-electron chi connectivity index (χ3n) is 15.6. The number of pyridine rings is 5. The highest BCUT2D eigenvalue weighted by atomic mass is 15.1. The lowest BCUT2D eigenvalue weighted by Gasteiger charge is -2.30. The molecule has 10 heteroatoms. The van der Waals surface area contributed by atoms with Crippen molar-refractivity contribution in [2.24, 2.45) is 0 Å². The zero-order valence-electron chi connectivity index (χ0n) is 41.6. The van der Waals surface area contributed by atoms with E-state index in [0.717, 1.165) is 132 Å². The van der Waals surface area contributed by atoms with E-state index in [1.165, 1.54) is 0 Å². The Kier molecular flexibility index (Phi) is 9.46. The molecule has 362 valence electrons. The second-order valence-electron chi connectivity index (χ2n) is 19.6. The lowest BCUT2D eigenvalue weighted by atomic mass is 9.90. The second-order valence-corrected chi connectivity index (χ2v) is 19.6. The highest BCUT2D eigenvalue weighted by Crippen LogP contribution is 2.53. The molecule has 10 nitrogen and oxygen atoms in total. The molecule has 0 N–H and O–H groups in total. The van der Waals surface area contributed by atoms with Gasteiger partial charge in [-0.1, -0.05) is 133 Å². The molecule has 16 rings (SSSR count). The summed E-state index contributed by atoms with van der Waals surface area (Å²) in [6.45, 7) is 0. The molecule has 0 spiro atoms. The Balaban J connectivity index is 1.27. The fraction of sp³-hybridized carbons (Fsp3) is 0. The van der Waals surface area contributed by atoms with Crippen LogP contribution in [-0.4, -0.2) is 43.2 Å². The molecule has 9 heterocycles. The van der Waals surface area contributed by atoms with Crippen LogP contribution in [0.5, 0.6) is 0 Å². The van der Waals surface area contributed by atoms with Crippen LogP contribution in [0.4, 0.5) is 0 Å². The Labute approximate surface area is 445 Å². The molecule has 0 fully saturated rings. The van der Waals surface area contributed by atoms with Crippen molar-refractivity contribution in [1.29, 1.82) is 5.26 Å². The summed E-state index contributed by atoms with van der Waals surface area (Å²) in [6.07, 6.45) is 15.2. The maximum absolute atomic E-state index is 12.9. The van der Waals surface area contributed by atoms with E-state index < -0.39 is 0 Å². The number of hydrogen-bond acceptors (Lipinski definition) is 6. The van der Waals surface area contributed by atoms with E-state index in [1.807, 2.05) is 73.8 Å². The maximum atomic E-state index is 12.9. The first-order valence-corrected chi connectivity index (χ1v) is 25.9. The van der Waals surface area contributed by atoms with Gasteiger partial charge >= 0.3 is 0 Å². The van der Waals surface area contributed by atoms with Crippen LogP contribution in [-0.2, 0) is 0 Å². The van der Waals surface area contributed by atoms with Crippen LogP contribution in [0.2, 0.25) is 0 Å². The summed E-state index contributed by atoms with van der Waals surface area (Å²) in [7, 11) is 0. The standard InChI is InChI=1S/C68H40N10/c69-37-49-65(75-55-23-11-7-19-44(55)50-38-70-33-29-59(50)75)63(48-27-28-54(42-15-3-1-4-16-42)74-64(48)43-17-5-2-6-18-43)67(77-57-25-13-9-21-46(57)52-40-72-35-31-61(52)77)68(78-58-26-14-10-22-47(58)53-41-73-36-32-62(53)78)66(49)76-56-24-12-8-20-45(56)51-39-71-34-30-60(51)76/h1-36,38-41H. The van der Waals surface area contributed by atoms with Gasteiger partial charge < -0.3 is 18.3 Å². The molecule has 0 radical (unpaired) electrons. The van der Waals surface area contributed by atoms with Gasteiger partial charge in [0.2, 0.25) is 0 Å². The fourth-order valence-corrected chi connectivity index (χ4v) is 12.4. The first kappa shape index (κ1) is 43.4. The van der Waals surface area contributed by atoms with E-state index in [2.05, 4.69) is 194 Å². The molecular weight excluding hydrogens is 957 g/mol. The molecule has 0 saturated carbocycles. The van der Waals surface area contributed by atoms with Crippen LogP contribution in [0, 0.1) is 11.3 Å². The predicted molar refractivity (Wildman–Crippen MR) is 314 cm³/mol.